The first kappa shape index (κ1) is 20.8. The van der Waals surface area contributed by atoms with E-state index in [0.29, 0.717) is 5.75 Å². The van der Waals surface area contributed by atoms with Crippen LogP contribution in [0.25, 0.3) is 0 Å². The lowest BCUT2D eigenvalue weighted by atomic mass is 10.2. The van der Waals surface area contributed by atoms with E-state index in [1.54, 1.807) is 23.5 Å². The molecule has 0 spiro atoms. The van der Waals surface area contributed by atoms with Crippen LogP contribution in [-0.4, -0.2) is 32.7 Å². The second kappa shape index (κ2) is 10.6. The van der Waals surface area contributed by atoms with E-state index in [4.69, 9.17) is 0 Å². The van der Waals surface area contributed by atoms with Crippen LogP contribution < -0.4 is 5.32 Å². The van der Waals surface area contributed by atoms with Crippen molar-refractivity contribution in [3.63, 3.8) is 0 Å². The van der Waals surface area contributed by atoms with Crippen LogP contribution in [0.2, 0.25) is 0 Å². The van der Waals surface area contributed by atoms with E-state index in [0.717, 1.165) is 33.1 Å². The normalized spacial score (nSPS) is 10.8. The van der Waals surface area contributed by atoms with Crippen molar-refractivity contribution in [2.75, 3.05) is 17.3 Å². The molecule has 2 aromatic carbocycles. The first-order valence-electron chi connectivity index (χ1n) is 8.72. The molecule has 3 rings (SSSR count). The second-order valence-electron chi connectivity index (χ2n) is 6.01. The summed E-state index contributed by atoms with van der Waals surface area (Å²) in [4.78, 5) is 13.4. The molecule has 0 fully saturated rings. The van der Waals surface area contributed by atoms with Crippen molar-refractivity contribution in [1.29, 1.82) is 0 Å². The Morgan fingerprint density at radius 3 is 2.68 bits per heavy atom. The van der Waals surface area contributed by atoms with Crippen LogP contribution in [0.1, 0.15) is 11.4 Å². The van der Waals surface area contributed by atoms with Gasteiger partial charge in [-0.1, -0.05) is 48.2 Å². The Bertz CT molecular complexity index is 915. The maximum absolute atomic E-state index is 12.2. The summed E-state index contributed by atoms with van der Waals surface area (Å²) in [6.07, 6.45) is 2.01. The monoisotopic (exact) mass is 430 g/mol. The van der Waals surface area contributed by atoms with Gasteiger partial charge in [-0.2, -0.15) is 0 Å². The highest BCUT2D eigenvalue weighted by molar-refractivity contribution is 7.99. The third-order valence-electron chi connectivity index (χ3n) is 3.95. The molecule has 0 aliphatic rings. The number of carbonyl (C=O) groups excluding carboxylic acids is 1. The summed E-state index contributed by atoms with van der Waals surface area (Å²) in [5, 5.41) is 12.2. The average molecular weight is 431 g/mol. The Labute approximate surface area is 178 Å². The van der Waals surface area contributed by atoms with Gasteiger partial charge in [0.25, 0.3) is 0 Å². The van der Waals surface area contributed by atoms with Crippen LogP contribution in [0.15, 0.2) is 64.6 Å². The highest BCUT2D eigenvalue weighted by Crippen LogP contribution is 2.22. The van der Waals surface area contributed by atoms with Crippen molar-refractivity contribution in [3.8, 4) is 0 Å². The summed E-state index contributed by atoms with van der Waals surface area (Å²) in [5.74, 6) is 2.88. The summed E-state index contributed by atoms with van der Waals surface area (Å²) >= 11 is 4.85. The van der Waals surface area contributed by atoms with Gasteiger partial charge < -0.3 is 9.88 Å². The highest BCUT2D eigenvalue weighted by Gasteiger charge is 2.12. The number of benzene rings is 2. The Balaban J connectivity index is 1.47. The number of anilines is 1. The number of thioether (sulfide) groups is 3. The van der Waals surface area contributed by atoms with Gasteiger partial charge in [-0.05, 0) is 30.0 Å². The fourth-order valence-electron chi connectivity index (χ4n) is 2.46. The van der Waals surface area contributed by atoms with Crippen LogP contribution in [0.3, 0.4) is 0 Å². The lowest BCUT2D eigenvalue weighted by Gasteiger charge is -2.07. The summed E-state index contributed by atoms with van der Waals surface area (Å²) < 4.78 is 1.96. The fourth-order valence-corrected chi connectivity index (χ4v) is 4.61. The van der Waals surface area contributed by atoms with Gasteiger partial charge in [0.1, 0.15) is 5.82 Å². The minimum absolute atomic E-state index is 0.0498. The van der Waals surface area contributed by atoms with Gasteiger partial charge in [0, 0.05) is 23.4 Å². The number of hydrogen-bond donors (Lipinski definition) is 1. The van der Waals surface area contributed by atoms with E-state index in [1.165, 1.54) is 17.3 Å². The summed E-state index contributed by atoms with van der Waals surface area (Å²) in [7, 11) is 1.95. The first-order valence-corrected chi connectivity index (χ1v) is 12.1. The maximum atomic E-state index is 12.2. The molecule has 1 amide bonds. The van der Waals surface area contributed by atoms with E-state index in [2.05, 4.69) is 39.8 Å². The zero-order valence-corrected chi connectivity index (χ0v) is 18.2. The topological polar surface area (TPSA) is 59.8 Å². The molecule has 146 valence electrons. The smallest absolute Gasteiger partial charge is 0.234 e. The second-order valence-corrected chi connectivity index (χ2v) is 8.81. The molecule has 0 saturated carbocycles. The molecule has 0 bridgehead atoms. The maximum Gasteiger partial charge on any atom is 0.234 e. The van der Waals surface area contributed by atoms with Crippen molar-refractivity contribution in [3.05, 3.63) is 66.0 Å². The van der Waals surface area contributed by atoms with Gasteiger partial charge in [0.05, 0.1) is 11.5 Å². The quantitative estimate of drug-likeness (QED) is 0.497. The van der Waals surface area contributed by atoms with Gasteiger partial charge >= 0.3 is 0 Å². The Kier molecular flexibility index (Phi) is 7.88. The summed E-state index contributed by atoms with van der Waals surface area (Å²) in [6.45, 7) is 0. The number of hydrogen-bond acceptors (Lipinski definition) is 6. The number of nitrogens with zero attached hydrogens (tertiary/aromatic N) is 3. The molecule has 0 saturated heterocycles. The largest absolute Gasteiger partial charge is 0.325 e. The van der Waals surface area contributed by atoms with Crippen LogP contribution in [0.4, 0.5) is 5.69 Å². The third-order valence-corrected chi connectivity index (χ3v) is 6.70. The minimum Gasteiger partial charge on any atom is -0.325 e. The number of nitrogens with one attached hydrogen (secondary N) is 1. The molecule has 8 heteroatoms. The molecule has 1 heterocycles. The van der Waals surface area contributed by atoms with Gasteiger partial charge in [-0.15, -0.1) is 33.7 Å². The van der Waals surface area contributed by atoms with Crippen molar-refractivity contribution in [1.82, 2.24) is 14.8 Å². The molecule has 0 atom stereocenters. The van der Waals surface area contributed by atoms with Crippen LogP contribution in [0.5, 0.6) is 0 Å². The zero-order valence-electron chi connectivity index (χ0n) is 15.8. The van der Waals surface area contributed by atoms with E-state index < -0.39 is 0 Å². The lowest BCUT2D eigenvalue weighted by molar-refractivity contribution is -0.113. The predicted molar refractivity (Wildman–Crippen MR) is 120 cm³/mol. The third kappa shape index (κ3) is 6.05. The molecular formula is C20H22N4OS3. The van der Waals surface area contributed by atoms with Crippen molar-refractivity contribution in [2.24, 2.45) is 7.05 Å². The first-order chi connectivity index (χ1) is 13.7. The number of amides is 1. The standard InChI is InChI=1S/C20H22N4OS3/c1-24-18(13-27-12-15-7-4-3-5-8-15)22-23-20(24)28-14-19(25)21-16-9-6-10-17(11-16)26-2/h3-11H,12-14H2,1-2H3,(H,21,25). The average Bonchev–Trinajstić information content (AvgIpc) is 3.07. The van der Waals surface area contributed by atoms with Gasteiger partial charge in [0.2, 0.25) is 5.91 Å². The molecule has 0 aliphatic carbocycles. The van der Waals surface area contributed by atoms with Crippen molar-refractivity contribution >= 4 is 46.9 Å². The van der Waals surface area contributed by atoms with Crippen LogP contribution in [-0.2, 0) is 23.3 Å². The molecule has 1 aromatic heterocycles. The molecule has 5 nitrogen and oxygen atoms in total. The molecule has 28 heavy (non-hydrogen) atoms. The Morgan fingerprint density at radius 1 is 1.07 bits per heavy atom. The zero-order chi connectivity index (χ0) is 19.8. The van der Waals surface area contributed by atoms with E-state index in [9.17, 15) is 4.79 Å². The molecular weight excluding hydrogens is 408 g/mol. The number of carbonyl (C=O) groups is 1. The Morgan fingerprint density at radius 2 is 1.89 bits per heavy atom. The number of aromatic nitrogens is 3. The van der Waals surface area contributed by atoms with E-state index in [-0.39, 0.29) is 5.91 Å². The molecule has 1 N–H and O–H groups in total. The van der Waals surface area contributed by atoms with Crippen molar-refractivity contribution in [2.45, 2.75) is 21.6 Å². The highest BCUT2D eigenvalue weighted by atomic mass is 32.2. The van der Waals surface area contributed by atoms with Gasteiger partial charge in [0.15, 0.2) is 5.16 Å². The van der Waals surface area contributed by atoms with E-state index in [1.807, 2.05) is 48.2 Å². The number of rotatable bonds is 9. The molecule has 3 aromatic rings. The molecule has 0 aliphatic heterocycles. The fraction of sp³-hybridized carbons (Fsp3) is 0.250. The van der Waals surface area contributed by atoms with Crippen LogP contribution >= 0.6 is 35.3 Å². The van der Waals surface area contributed by atoms with Crippen molar-refractivity contribution < 1.29 is 4.79 Å². The summed E-state index contributed by atoms with van der Waals surface area (Å²) in [5.41, 5.74) is 2.11. The molecule has 0 radical (unpaired) electrons. The summed E-state index contributed by atoms with van der Waals surface area (Å²) in [6, 6.07) is 18.2. The van der Waals surface area contributed by atoms with Crippen LogP contribution in [0, 0.1) is 0 Å². The van der Waals surface area contributed by atoms with Gasteiger partial charge in [-0.3, -0.25) is 4.79 Å². The Hall–Kier alpha value is -1.90. The lowest BCUT2D eigenvalue weighted by Crippen LogP contribution is -2.14. The molecule has 0 unspecified atom stereocenters. The minimum atomic E-state index is -0.0498. The van der Waals surface area contributed by atoms with Gasteiger partial charge in [-0.25, -0.2) is 0 Å². The van der Waals surface area contributed by atoms with E-state index >= 15 is 0 Å². The SMILES string of the molecule is CSc1cccc(NC(=O)CSc2nnc(CSCc3ccccc3)n2C)c1. The predicted octanol–water partition coefficient (Wildman–Crippen LogP) is 4.70.